The molecule has 1 spiro atoms. The highest BCUT2D eigenvalue weighted by Gasteiger charge is 2.48. The first kappa shape index (κ1) is 23.1. The third kappa shape index (κ3) is 4.26. The van der Waals surface area contributed by atoms with Gasteiger partial charge in [-0.25, -0.2) is 4.98 Å². The highest BCUT2D eigenvalue weighted by Crippen LogP contribution is 2.55. The van der Waals surface area contributed by atoms with Gasteiger partial charge in [-0.1, -0.05) is 42.3 Å². The topological polar surface area (TPSA) is 56.1 Å². The summed E-state index contributed by atoms with van der Waals surface area (Å²) in [6, 6.07) is 18.4. The quantitative estimate of drug-likeness (QED) is 0.302. The lowest BCUT2D eigenvalue weighted by atomic mass is 9.54. The van der Waals surface area contributed by atoms with E-state index in [2.05, 4.69) is 39.1 Å². The molecular formula is C30H30ClN3O2. The smallest absolute Gasteiger partial charge is 0.253 e. The van der Waals surface area contributed by atoms with Crippen molar-refractivity contribution in [2.24, 2.45) is 5.41 Å². The van der Waals surface area contributed by atoms with Gasteiger partial charge < -0.3 is 14.6 Å². The molecule has 5 nitrogen and oxygen atoms in total. The van der Waals surface area contributed by atoms with Gasteiger partial charge in [0.1, 0.15) is 0 Å². The molecule has 0 atom stereocenters. The third-order valence-electron chi connectivity index (χ3n) is 7.89. The van der Waals surface area contributed by atoms with Gasteiger partial charge in [-0.2, -0.15) is 0 Å². The Balaban J connectivity index is 1.23. The Kier molecular flexibility index (Phi) is 5.96. The SMILES string of the molecule is CCOc1cc(-c2ccc(Cn3ccc4c(Cl)ccc(C(=O)NC5CC6(CCC6)C5)c43)cc2)ccn1. The van der Waals surface area contributed by atoms with Crippen LogP contribution in [0.4, 0.5) is 0 Å². The maximum atomic E-state index is 13.3. The normalized spacial score (nSPS) is 16.5. The minimum absolute atomic E-state index is 0.00562. The number of benzene rings is 2. The molecule has 2 fully saturated rings. The first-order chi connectivity index (χ1) is 17.5. The number of nitrogens with zero attached hydrogens (tertiary/aromatic N) is 2. The minimum atomic E-state index is -0.00562. The molecule has 0 unspecified atom stereocenters. The molecule has 6 rings (SSSR count). The fraction of sp³-hybridized carbons (Fsp3) is 0.333. The van der Waals surface area contributed by atoms with E-state index in [1.54, 1.807) is 6.20 Å². The van der Waals surface area contributed by atoms with Crippen molar-refractivity contribution in [2.45, 2.75) is 51.6 Å². The first-order valence-corrected chi connectivity index (χ1v) is 13.2. The number of rotatable bonds is 7. The zero-order valence-electron chi connectivity index (χ0n) is 20.5. The molecule has 0 aliphatic heterocycles. The average Bonchev–Trinajstić information content (AvgIpc) is 3.25. The van der Waals surface area contributed by atoms with Gasteiger partial charge in [-0.15, -0.1) is 0 Å². The maximum absolute atomic E-state index is 13.3. The van der Waals surface area contributed by atoms with Crippen molar-refractivity contribution in [3.05, 3.63) is 83.1 Å². The van der Waals surface area contributed by atoms with Crippen molar-refractivity contribution in [1.29, 1.82) is 0 Å². The molecule has 2 aromatic heterocycles. The van der Waals surface area contributed by atoms with E-state index in [-0.39, 0.29) is 11.9 Å². The molecule has 2 saturated carbocycles. The summed E-state index contributed by atoms with van der Waals surface area (Å²) in [6.45, 7) is 3.19. The minimum Gasteiger partial charge on any atom is -0.478 e. The van der Waals surface area contributed by atoms with Crippen LogP contribution in [0, 0.1) is 5.41 Å². The van der Waals surface area contributed by atoms with Gasteiger partial charge in [0.25, 0.3) is 5.91 Å². The molecule has 6 heteroatoms. The number of carbonyl (C=O) groups excluding carboxylic acids is 1. The molecule has 0 bridgehead atoms. The van der Waals surface area contributed by atoms with Crippen LogP contribution >= 0.6 is 11.6 Å². The van der Waals surface area contributed by atoms with Crippen molar-refractivity contribution in [3.8, 4) is 17.0 Å². The van der Waals surface area contributed by atoms with Crippen molar-refractivity contribution in [3.63, 3.8) is 0 Å². The zero-order valence-corrected chi connectivity index (χ0v) is 21.2. The zero-order chi connectivity index (χ0) is 24.7. The van der Waals surface area contributed by atoms with Crippen LogP contribution < -0.4 is 10.1 Å². The third-order valence-corrected chi connectivity index (χ3v) is 8.22. The Morgan fingerprint density at radius 3 is 2.64 bits per heavy atom. The van der Waals surface area contributed by atoms with Crippen LogP contribution in [0.25, 0.3) is 22.0 Å². The molecule has 0 saturated heterocycles. The number of aromatic nitrogens is 2. The monoisotopic (exact) mass is 499 g/mol. The van der Waals surface area contributed by atoms with E-state index in [0.29, 0.717) is 35.0 Å². The molecule has 1 amide bonds. The standard InChI is InChI=1S/C30H30ClN3O2/c1-2-36-27-16-22(10-14-32-27)21-6-4-20(5-7-21)19-34-15-11-24-26(31)9-8-25(28(24)34)29(35)33-23-17-30(18-23)12-3-13-30/h4-11,14-16,23H,2-3,12-13,17-19H2,1H3,(H,33,35). The van der Waals surface area contributed by atoms with Gasteiger partial charge in [0.05, 0.1) is 17.7 Å². The van der Waals surface area contributed by atoms with Crippen molar-refractivity contribution in [2.75, 3.05) is 6.61 Å². The summed E-state index contributed by atoms with van der Waals surface area (Å²) < 4.78 is 7.66. The molecular weight excluding hydrogens is 470 g/mol. The molecule has 2 heterocycles. The molecule has 184 valence electrons. The lowest BCUT2D eigenvalue weighted by Crippen LogP contribution is -2.53. The lowest BCUT2D eigenvalue weighted by Gasteiger charge is -2.54. The summed E-state index contributed by atoms with van der Waals surface area (Å²) in [6.07, 6.45) is 10.0. The Bertz CT molecular complexity index is 1410. The van der Waals surface area contributed by atoms with Crippen LogP contribution in [0.3, 0.4) is 0 Å². The van der Waals surface area contributed by atoms with E-state index in [0.717, 1.165) is 40.4 Å². The summed E-state index contributed by atoms with van der Waals surface area (Å²) in [4.78, 5) is 17.5. The fourth-order valence-electron chi connectivity index (χ4n) is 5.86. The van der Waals surface area contributed by atoms with Crippen molar-refractivity contribution in [1.82, 2.24) is 14.9 Å². The highest BCUT2D eigenvalue weighted by molar-refractivity contribution is 6.36. The number of pyridine rings is 1. The van der Waals surface area contributed by atoms with Crippen molar-refractivity contribution >= 4 is 28.4 Å². The highest BCUT2D eigenvalue weighted by atomic mass is 35.5. The second-order valence-corrected chi connectivity index (χ2v) is 10.7. The van der Waals surface area contributed by atoms with E-state index in [9.17, 15) is 4.79 Å². The molecule has 1 N–H and O–H groups in total. The van der Waals surface area contributed by atoms with E-state index < -0.39 is 0 Å². The Morgan fingerprint density at radius 2 is 1.92 bits per heavy atom. The summed E-state index contributed by atoms with van der Waals surface area (Å²) >= 11 is 6.52. The Labute approximate surface area is 216 Å². The predicted octanol–water partition coefficient (Wildman–Crippen LogP) is 6.87. The van der Waals surface area contributed by atoms with Gasteiger partial charge in [0.15, 0.2) is 0 Å². The molecule has 2 aliphatic rings. The van der Waals surface area contributed by atoms with E-state index >= 15 is 0 Å². The number of hydrogen-bond donors (Lipinski definition) is 1. The summed E-state index contributed by atoms with van der Waals surface area (Å²) in [5.74, 6) is 0.624. The number of fused-ring (bicyclic) bond motifs is 1. The summed E-state index contributed by atoms with van der Waals surface area (Å²) in [7, 11) is 0. The van der Waals surface area contributed by atoms with Crippen LogP contribution in [-0.4, -0.2) is 28.1 Å². The van der Waals surface area contributed by atoms with Crippen molar-refractivity contribution < 1.29 is 9.53 Å². The predicted molar refractivity (Wildman–Crippen MR) is 144 cm³/mol. The molecule has 2 aliphatic carbocycles. The van der Waals surface area contributed by atoms with Gasteiger partial charge in [-0.05, 0) is 79.0 Å². The number of ether oxygens (including phenoxy) is 1. The maximum Gasteiger partial charge on any atom is 0.253 e. The van der Waals surface area contributed by atoms with Crippen LogP contribution in [0.5, 0.6) is 5.88 Å². The van der Waals surface area contributed by atoms with Gasteiger partial charge in [0, 0.05) is 41.5 Å². The number of amides is 1. The Hall–Kier alpha value is -3.31. The molecule has 2 aromatic carbocycles. The number of halogens is 1. The second-order valence-electron chi connectivity index (χ2n) is 10.2. The van der Waals surface area contributed by atoms with E-state index in [1.807, 2.05) is 43.5 Å². The van der Waals surface area contributed by atoms with E-state index in [1.165, 1.54) is 19.3 Å². The second kappa shape index (κ2) is 9.29. The van der Waals surface area contributed by atoms with Crippen LogP contribution in [0.2, 0.25) is 5.02 Å². The van der Waals surface area contributed by atoms with Crippen LogP contribution in [-0.2, 0) is 6.54 Å². The van der Waals surface area contributed by atoms with Crippen LogP contribution in [0.1, 0.15) is 54.9 Å². The largest absolute Gasteiger partial charge is 0.478 e. The average molecular weight is 500 g/mol. The number of nitrogens with one attached hydrogen (secondary N) is 1. The lowest BCUT2D eigenvalue weighted by molar-refractivity contribution is -0.000603. The van der Waals surface area contributed by atoms with Gasteiger partial charge in [0.2, 0.25) is 5.88 Å². The molecule has 0 radical (unpaired) electrons. The summed E-state index contributed by atoms with van der Waals surface area (Å²) in [5, 5.41) is 4.85. The van der Waals surface area contributed by atoms with E-state index in [4.69, 9.17) is 16.3 Å². The van der Waals surface area contributed by atoms with Gasteiger partial charge in [-0.3, -0.25) is 4.79 Å². The molecule has 4 aromatic rings. The van der Waals surface area contributed by atoms with Crippen LogP contribution in [0.15, 0.2) is 67.0 Å². The Morgan fingerprint density at radius 1 is 1.11 bits per heavy atom. The first-order valence-electron chi connectivity index (χ1n) is 12.8. The fourth-order valence-corrected chi connectivity index (χ4v) is 6.07. The summed E-state index contributed by atoms with van der Waals surface area (Å²) in [5.41, 5.74) is 5.42. The number of hydrogen-bond acceptors (Lipinski definition) is 3. The van der Waals surface area contributed by atoms with Gasteiger partial charge >= 0.3 is 0 Å². The molecule has 36 heavy (non-hydrogen) atoms. The number of carbonyl (C=O) groups is 1.